The largest absolute Gasteiger partial charge is 0.397 e. The van der Waals surface area contributed by atoms with Crippen molar-refractivity contribution in [2.24, 2.45) is 5.92 Å². The first-order valence-electron chi connectivity index (χ1n) is 4.86. The standard InChI is InChI=1S/C10H15N3O/c11-8-3-9(6-12-5-8)13-4-7-1-10(14)2-7/h3,5-7,10,13-14H,1-2,4,11H2. The van der Waals surface area contributed by atoms with E-state index < -0.39 is 0 Å². The zero-order valence-corrected chi connectivity index (χ0v) is 7.98. The number of pyridine rings is 1. The smallest absolute Gasteiger partial charge is 0.0547 e. The maximum atomic E-state index is 9.10. The zero-order valence-electron chi connectivity index (χ0n) is 7.98. The van der Waals surface area contributed by atoms with E-state index in [1.807, 2.05) is 6.07 Å². The minimum Gasteiger partial charge on any atom is -0.397 e. The summed E-state index contributed by atoms with van der Waals surface area (Å²) in [7, 11) is 0. The van der Waals surface area contributed by atoms with Crippen LogP contribution in [0.15, 0.2) is 18.5 Å². The van der Waals surface area contributed by atoms with Crippen LogP contribution in [-0.4, -0.2) is 22.7 Å². The Kier molecular flexibility index (Phi) is 2.54. The summed E-state index contributed by atoms with van der Waals surface area (Å²) < 4.78 is 0. The van der Waals surface area contributed by atoms with Gasteiger partial charge >= 0.3 is 0 Å². The molecule has 1 aromatic heterocycles. The number of hydrogen-bond donors (Lipinski definition) is 3. The number of aliphatic hydroxyl groups is 1. The number of nitrogens with two attached hydrogens (primary N) is 1. The Hall–Kier alpha value is -1.29. The third-order valence-corrected chi connectivity index (χ3v) is 2.57. The van der Waals surface area contributed by atoms with E-state index in [9.17, 15) is 0 Å². The van der Waals surface area contributed by atoms with Gasteiger partial charge in [-0.2, -0.15) is 0 Å². The first kappa shape index (κ1) is 9.27. The van der Waals surface area contributed by atoms with Gasteiger partial charge in [0.05, 0.1) is 23.7 Å². The third-order valence-electron chi connectivity index (χ3n) is 2.57. The molecule has 0 spiro atoms. The highest BCUT2D eigenvalue weighted by molar-refractivity contribution is 5.51. The molecular formula is C10H15N3O. The van der Waals surface area contributed by atoms with Gasteiger partial charge in [-0.25, -0.2) is 0 Å². The molecule has 1 aromatic rings. The molecule has 0 unspecified atom stereocenters. The summed E-state index contributed by atoms with van der Waals surface area (Å²) in [5, 5.41) is 12.4. The SMILES string of the molecule is Nc1cncc(NCC2CC(O)C2)c1. The van der Waals surface area contributed by atoms with Crippen LogP contribution in [0.4, 0.5) is 11.4 Å². The van der Waals surface area contributed by atoms with Crippen molar-refractivity contribution in [3.8, 4) is 0 Å². The molecule has 4 heteroatoms. The van der Waals surface area contributed by atoms with Crippen LogP contribution in [0.5, 0.6) is 0 Å². The maximum Gasteiger partial charge on any atom is 0.0547 e. The van der Waals surface area contributed by atoms with Crippen LogP contribution in [0, 0.1) is 5.92 Å². The Labute approximate surface area is 83.2 Å². The van der Waals surface area contributed by atoms with E-state index in [0.29, 0.717) is 11.6 Å². The van der Waals surface area contributed by atoms with E-state index in [4.69, 9.17) is 10.8 Å². The van der Waals surface area contributed by atoms with E-state index in [-0.39, 0.29) is 6.10 Å². The molecule has 1 aliphatic carbocycles. The van der Waals surface area contributed by atoms with Crippen molar-refractivity contribution in [1.29, 1.82) is 0 Å². The topological polar surface area (TPSA) is 71.2 Å². The predicted molar refractivity (Wildman–Crippen MR) is 55.9 cm³/mol. The molecule has 0 atom stereocenters. The van der Waals surface area contributed by atoms with Crippen LogP contribution < -0.4 is 11.1 Å². The Morgan fingerprint density at radius 1 is 1.50 bits per heavy atom. The minimum absolute atomic E-state index is 0.0826. The Balaban J connectivity index is 1.80. The summed E-state index contributed by atoms with van der Waals surface area (Å²) in [6.07, 6.45) is 5.11. The highest BCUT2D eigenvalue weighted by Gasteiger charge is 2.26. The van der Waals surface area contributed by atoms with Gasteiger partial charge in [0.25, 0.3) is 0 Å². The van der Waals surface area contributed by atoms with E-state index >= 15 is 0 Å². The second kappa shape index (κ2) is 3.84. The molecule has 4 nitrogen and oxygen atoms in total. The lowest BCUT2D eigenvalue weighted by Crippen LogP contribution is -2.33. The van der Waals surface area contributed by atoms with Crippen molar-refractivity contribution in [3.63, 3.8) is 0 Å². The normalized spacial score (nSPS) is 25.5. The fourth-order valence-electron chi connectivity index (χ4n) is 1.68. The molecule has 0 radical (unpaired) electrons. The molecule has 76 valence electrons. The fourth-order valence-corrected chi connectivity index (χ4v) is 1.68. The van der Waals surface area contributed by atoms with Gasteiger partial charge in [-0.15, -0.1) is 0 Å². The van der Waals surface area contributed by atoms with Crippen LogP contribution in [0.3, 0.4) is 0 Å². The van der Waals surface area contributed by atoms with Crippen molar-refractivity contribution < 1.29 is 5.11 Å². The van der Waals surface area contributed by atoms with Crippen molar-refractivity contribution in [1.82, 2.24) is 4.98 Å². The van der Waals surface area contributed by atoms with Crippen LogP contribution in [-0.2, 0) is 0 Å². The van der Waals surface area contributed by atoms with Gasteiger partial charge in [-0.05, 0) is 24.8 Å². The Morgan fingerprint density at radius 2 is 2.29 bits per heavy atom. The Bertz CT molecular complexity index is 310. The lowest BCUT2D eigenvalue weighted by Gasteiger charge is -2.31. The maximum absolute atomic E-state index is 9.10. The van der Waals surface area contributed by atoms with Gasteiger partial charge in [-0.1, -0.05) is 0 Å². The van der Waals surface area contributed by atoms with Gasteiger partial charge < -0.3 is 16.2 Å². The van der Waals surface area contributed by atoms with Gasteiger partial charge in [0.15, 0.2) is 0 Å². The highest BCUT2D eigenvalue weighted by atomic mass is 16.3. The predicted octanol–water partition coefficient (Wildman–Crippen LogP) is 0.847. The molecule has 1 fully saturated rings. The van der Waals surface area contributed by atoms with Crippen molar-refractivity contribution in [2.75, 3.05) is 17.6 Å². The zero-order chi connectivity index (χ0) is 9.97. The fraction of sp³-hybridized carbons (Fsp3) is 0.500. The number of nitrogens with one attached hydrogen (secondary N) is 1. The number of rotatable bonds is 3. The number of hydrogen-bond acceptors (Lipinski definition) is 4. The van der Waals surface area contributed by atoms with E-state index in [1.54, 1.807) is 12.4 Å². The molecule has 14 heavy (non-hydrogen) atoms. The van der Waals surface area contributed by atoms with Crippen LogP contribution in [0.25, 0.3) is 0 Å². The molecule has 0 bridgehead atoms. The summed E-state index contributed by atoms with van der Waals surface area (Å²) in [6, 6.07) is 1.86. The molecule has 0 saturated heterocycles. The molecule has 0 aromatic carbocycles. The molecule has 1 saturated carbocycles. The Morgan fingerprint density at radius 3 is 2.93 bits per heavy atom. The monoisotopic (exact) mass is 193 g/mol. The van der Waals surface area contributed by atoms with Gasteiger partial charge in [0, 0.05) is 12.7 Å². The number of aromatic nitrogens is 1. The first-order valence-corrected chi connectivity index (χ1v) is 4.86. The van der Waals surface area contributed by atoms with Crippen molar-refractivity contribution >= 4 is 11.4 Å². The van der Waals surface area contributed by atoms with Gasteiger partial charge in [0.1, 0.15) is 0 Å². The summed E-state index contributed by atoms with van der Waals surface area (Å²) in [6.45, 7) is 0.891. The summed E-state index contributed by atoms with van der Waals surface area (Å²) in [4.78, 5) is 3.98. The quantitative estimate of drug-likeness (QED) is 0.665. The van der Waals surface area contributed by atoms with E-state index in [0.717, 1.165) is 25.1 Å². The minimum atomic E-state index is -0.0826. The number of nitrogens with zero attached hydrogens (tertiary/aromatic N) is 1. The number of nitrogen functional groups attached to an aromatic ring is 1. The van der Waals surface area contributed by atoms with E-state index in [2.05, 4.69) is 10.3 Å². The molecule has 2 rings (SSSR count). The van der Waals surface area contributed by atoms with Crippen LogP contribution in [0.2, 0.25) is 0 Å². The molecule has 1 aliphatic rings. The average Bonchev–Trinajstić information content (AvgIpc) is 2.11. The molecule has 0 aliphatic heterocycles. The van der Waals surface area contributed by atoms with E-state index in [1.165, 1.54) is 0 Å². The molecular weight excluding hydrogens is 178 g/mol. The third kappa shape index (κ3) is 2.14. The van der Waals surface area contributed by atoms with Crippen molar-refractivity contribution in [2.45, 2.75) is 18.9 Å². The van der Waals surface area contributed by atoms with Gasteiger partial charge in [0.2, 0.25) is 0 Å². The lowest BCUT2D eigenvalue weighted by molar-refractivity contribution is 0.0487. The molecule has 0 amide bonds. The summed E-state index contributed by atoms with van der Waals surface area (Å²) >= 11 is 0. The average molecular weight is 193 g/mol. The number of anilines is 2. The summed E-state index contributed by atoms with van der Waals surface area (Å²) in [5.41, 5.74) is 7.21. The molecule has 1 heterocycles. The number of aliphatic hydroxyl groups excluding tert-OH is 1. The van der Waals surface area contributed by atoms with Crippen LogP contribution in [0.1, 0.15) is 12.8 Å². The lowest BCUT2D eigenvalue weighted by atomic mass is 9.82. The highest BCUT2D eigenvalue weighted by Crippen LogP contribution is 2.27. The second-order valence-electron chi connectivity index (χ2n) is 3.88. The first-order chi connectivity index (χ1) is 6.74. The van der Waals surface area contributed by atoms with Gasteiger partial charge in [-0.3, -0.25) is 4.98 Å². The van der Waals surface area contributed by atoms with Crippen molar-refractivity contribution in [3.05, 3.63) is 18.5 Å². The van der Waals surface area contributed by atoms with Crippen LogP contribution >= 0.6 is 0 Å². The summed E-state index contributed by atoms with van der Waals surface area (Å²) in [5.74, 6) is 0.589. The second-order valence-corrected chi connectivity index (χ2v) is 3.88. The molecule has 4 N–H and O–H groups in total.